The van der Waals surface area contributed by atoms with Crippen LogP contribution < -0.4 is 10.6 Å². The lowest BCUT2D eigenvalue weighted by Gasteiger charge is -2.16. The summed E-state index contributed by atoms with van der Waals surface area (Å²) in [7, 11) is 1.31. The fourth-order valence-electron chi connectivity index (χ4n) is 2.26. The van der Waals surface area contributed by atoms with Crippen molar-refractivity contribution < 1.29 is 14.3 Å². The molecule has 0 aromatic heterocycles. The first kappa shape index (κ1) is 18.2. The highest BCUT2D eigenvalue weighted by molar-refractivity contribution is 9.10. The van der Waals surface area contributed by atoms with E-state index in [9.17, 15) is 9.59 Å². The second-order valence-electron chi connectivity index (χ2n) is 5.21. The molecule has 126 valence electrons. The minimum atomic E-state index is -0.486. The monoisotopic (exact) mass is 390 g/mol. The Bertz CT molecular complexity index is 734. The van der Waals surface area contributed by atoms with Crippen molar-refractivity contribution in [2.45, 2.75) is 13.0 Å². The fraction of sp³-hybridized carbons (Fsp3) is 0.222. The van der Waals surface area contributed by atoms with E-state index in [0.29, 0.717) is 11.3 Å². The first-order valence-electron chi connectivity index (χ1n) is 7.48. The molecule has 0 aliphatic carbocycles. The molecule has 2 aromatic rings. The Kier molecular flexibility index (Phi) is 6.52. The summed E-state index contributed by atoms with van der Waals surface area (Å²) < 4.78 is 5.70. The van der Waals surface area contributed by atoms with Gasteiger partial charge >= 0.3 is 5.97 Å². The van der Waals surface area contributed by atoms with Crippen LogP contribution in [0.3, 0.4) is 0 Å². The van der Waals surface area contributed by atoms with Crippen molar-refractivity contribution in [1.82, 2.24) is 5.32 Å². The van der Waals surface area contributed by atoms with Crippen LogP contribution in [0.4, 0.5) is 5.69 Å². The van der Waals surface area contributed by atoms with E-state index in [1.165, 1.54) is 7.11 Å². The van der Waals surface area contributed by atoms with E-state index in [-0.39, 0.29) is 18.5 Å². The lowest BCUT2D eigenvalue weighted by molar-refractivity contribution is -0.115. The van der Waals surface area contributed by atoms with Gasteiger partial charge in [-0.05, 0) is 30.7 Å². The largest absolute Gasteiger partial charge is 0.465 e. The maximum absolute atomic E-state index is 12.2. The number of carbonyl (C=O) groups excluding carboxylic acids is 2. The molecule has 2 N–H and O–H groups in total. The van der Waals surface area contributed by atoms with Crippen LogP contribution >= 0.6 is 15.9 Å². The molecule has 0 radical (unpaired) electrons. The molecule has 6 heteroatoms. The summed E-state index contributed by atoms with van der Waals surface area (Å²) in [6.07, 6.45) is 0. The molecule has 2 aromatic carbocycles. The van der Waals surface area contributed by atoms with Gasteiger partial charge in [-0.3, -0.25) is 4.79 Å². The number of esters is 1. The molecule has 1 amide bonds. The number of anilines is 1. The predicted octanol–water partition coefficient (Wildman–Crippen LogP) is 3.53. The molecule has 0 saturated heterocycles. The number of hydrogen-bond acceptors (Lipinski definition) is 4. The highest BCUT2D eigenvalue weighted by Gasteiger charge is 2.14. The Labute approximate surface area is 149 Å². The van der Waals surface area contributed by atoms with E-state index in [0.717, 1.165) is 10.0 Å². The first-order valence-corrected chi connectivity index (χ1v) is 8.27. The van der Waals surface area contributed by atoms with Gasteiger partial charge in [0.15, 0.2) is 0 Å². The van der Waals surface area contributed by atoms with Gasteiger partial charge in [0.05, 0.1) is 24.9 Å². The van der Waals surface area contributed by atoms with E-state index in [2.05, 4.69) is 26.6 Å². The summed E-state index contributed by atoms with van der Waals surface area (Å²) in [5, 5.41) is 5.90. The molecule has 0 heterocycles. The van der Waals surface area contributed by atoms with Crippen LogP contribution in [0.1, 0.15) is 28.9 Å². The molecule has 0 aliphatic rings. The number of rotatable bonds is 6. The molecular weight excluding hydrogens is 372 g/mol. The number of para-hydroxylation sites is 1. The molecule has 1 unspecified atom stereocenters. The molecule has 0 bridgehead atoms. The Morgan fingerprint density at radius 3 is 2.50 bits per heavy atom. The Morgan fingerprint density at radius 2 is 1.79 bits per heavy atom. The minimum Gasteiger partial charge on any atom is -0.465 e. The SMILES string of the molecule is COC(=O)c1ccccc1NC(=O)CNC(C)c1ccccc1Br. The van der Waals surface area contributed by atoms with Crippen molar-refractivity contribution in [2.24, 2.45) is 0 Å². The minimum absolute atomic E-state index is 0.00201. The van der Waals surface area contributed by atoms with E-state index in [1.807, 2.05) is 31.2 Å². The normalized spacial score (nSPS) is 11.6. The molecule has 24 heavy (non-hydrogen) atoms. The summed E-state index contributed by atoms with van der Waals surface area (Å²) in [6, 6.07) is 14.6. The van der Waals surface area contributed by atoms with Crippen LogP contribution in [-0.2, 0) is 9.53 Å². The fourth-order valence-corrected chi connectivity index (χ4v) is 2.88. The lowest BCUT2D eigenvalue weighted by atomic mass is 10.1. The summed E-state index contributed by atoms with van der Waals surface area (Å²) >= 11 is 3.50. The summed E-state index contributed by atoms with van der Waals surface area (Å²) in [6.45, 7) is 2.10. The van der Waals surface area contributed by atoms with Crippen molar-refractivity contribution in [1.29, 1.82) is 0 Å². The molecule has 2 rings (SSSR count). The number of benzene rings is 2. The van der Waals surface area contributed by atoms with Crippen LogP contribution in [0.15, 0.2) is 53.0 Å². The van der Waals surface area contributed by atoms with Gasteiger partial charge in [0.1, 0.15) is 0 Å². The van der Waals surface area contributed by atoms with Crippen molar-refractivity contribution in [2.75, 3.05) is 19.0 Å². The third-order valence-corrected chi connectivity index (χ3v) is 4.27. The number of carbonyl (C=O) groups is 2. The molecule has 0 saturated carbocycles. The second-order valence-corrected chi connectivity index (χ2v) is 6.06. The van der Waals surface area contributed by atoms with Crippen LogP contribution in [0.25, 0.3) is 0 Å². The van der Waals surface area contributed by atoms with Gasteiger partial charge in [-0.2, -0.15) is 0 Å². The Morgan fingerprint density at radius 1 is 1.12 bits per heavy atom. The topological polar surface area (TPSA) is 67.4 Å². The molecule has 0 spiro atoms. The number of hydrogen-bond donors (Lipinski definition) is 2. The Hall–Kier alpha value is -2.18. The third kappa shape index (κ3) is 4.66. The van der Waals surface area contributed by atoms with Crippen molar-refractivity contribution in [3.63, 3.8) is 0 Å². The van der Waals surface area contributed by atoms with Crippen molar-refractivity contribution in [3.05, 3.63) is 64.1 Å². The molecule has 1 atom stereocenters. The maximum Gasteiger partial charge on any atom is 0.339 e. The summed E-state index contributed by atoms with van der Waals surface area (Å²) in [4.78, 5) is 23.9. The van der Waals surface area contributed by atoms with Gasteiger partial charge < -0.3 is 15.4 Å². The van der Waals surface area contributed by atoms with Gasteiger partial charge in [-0.15, -0.1) is 0 Å². The van der Waals surface area contributed by atoms with Gasteiger partial charge in [-0.25, -0.2) is 4.79 Å². The zero-order valence-electron chi connectivity index (χ0n) is 13.5. The van der Waals surface area contributed by atoms with Gasteiger partial charge in [0.2, 0.25) is 5.91 Å². The van der Waals surface area contributed by atoms with Crippen LogP contribution in [-0.4, -0.2) is 25.5 Å². The second kappa shape index (κ2) is 8.61. The van der Waals surface area contributed by atoms with Crippen molar-refractivity contribution >= 4 is 33.5 Å². The molecule has 0 fully saturated rings. The van der Waals surface area contributed by atoms with E-state index < -0.39 is 5.97 Å². The summed E-state index contributed by atoms with van der Waals surface area (Å²) in [5.41, 5.74) is 1.83. The first-order chi connectivity index (χ1) is 11.5. The average Bonchev–Trinajstić information content (AvgIpc) is 2.60. The van der Waals surface area contributed by atoms with Crippen LogP contribution in [0, 0.1) is 0 Å². The predicted molar refractivity (Wildman–Crippen MR) is 97.0 cm³/mol. The number of nitrogens with one attached hydrogen (secondary N) is 2. The van der Waals surface area contributed by atoms with E-state index in [4.69, 9.17) is 4.74 Å². The standard InChI is InChI=1S/C18H19BrN2O3/c1-12(13-7-3-5-9-15(13)19)20-11-17(22)21-16-10-6-4-8-14(16)18(23)24-2/h3-10,12,20H,11H2,1-2H3,(H,21,22). The highest BCUT2D eigenvalue weighted by Crippen LogP contribution is 2.22. The molecule has 5 nitrogen and oxygen atoms in total. The molecule has 0 aliphatic heterocycles. The summed E-state index contributed by atoms with van der Waals surface area (Å²) in [5.74, 6) is -0.717. The van der Waals surface area contributed by atoms with E-state index >= 15 is 0 Å². The van der Waals surface area contributed by atoms with Crippen LogP contribution in [0.5, 0.6) is 0 Å². The number of methoxy groups -OCH3 is 1. The lowest BCUT2D eigenvalue weighted by Crippen LogP contribution is -2.30. The quantitative estimate of drug-likeness (QED) is 0.740. The number of ether oxygens (including phenoxy) is 1. The Balaban J connectivity index is 1.97. The van der Waals surface area contributed by atoms with Gasteiger partial charge in [-0.1, -0.05) is 46.3 Å². The third-order valence-electron chi connectivity index (χ3n) is 3.55. The zero-order valence-corrected chi connectivity index (χ0v) is 15.1. The van der Waals surface area contributed by atoms with Crippen molar-refractivity contribution in [3.8, 4) is 0 Å². The molecular formula is C18H19BrN2O3. The van der Waals surface area contributed by atoms with Gasteiger partial charge in [0.25, 0.3) is 0 Å². The maximum atomic E-state index is 12.2. The number of halogens is 1. The highest BCUT2D eigenvalue weighted by atomic mass is 79.9. The van der Waals surface area contributed by atoms with Gasteiger partial charge in [0, 0.05) is 10.5 Å². The zero-order chi connectivity index (χ0) is 17.5. The number of amides is 1. The van der Waals surface area contributed by atoms with E-state index in [1.54, 1.807) is 24.3 Å². The van der Waals surface area contributed by atoms with Crippen LogP contribution in [0.2, 0.25) is 0 Å². The average molecular weight is 391 g/mol. The smallest absolute Gasteiger partial charge is 0.339 e.